The van der Waals surface area contributed by atoms with Gasteiger partial charge in [-0.15, -0.1) is 0 Å². The molecule has 0 heterocycles. The Hall–Kier alpha value is -1.90. The summed E-state index contributed by atoms with van der Waals surface area (Å²) in [5.41, 5.74) is 1.81. The molecular formula is C21H28BrN3O3S. The summed E-state index contributed by atoms with van der Waals surface area (Å²) in [5, 5.41) is 5.82. The van der Waals surface area contributed by atoms with Crippen molar-refractivity contribution < 1.29 is 13.2 Å². The number of benzene rings is 2. The quantitative estimate of drug-likeness (QED) is 0.577. The van der Waals surface area contributed by atoms with Gasteiger partial charge in [0.25, 0.3) is 0 Å². The lowest BCUT2D eigenvalue weighted by Gasteiger charge is -2.21. The summed E-state index contributed by atoms with van der Waals surface area (Å²) in [7, 11) is -3.49. The van der Waals surface area contributed by atoms with Crippen LogP contribution in [0.1, 0.15) is 50.9 Å². The maximum Gasteiger partial charge on any atom is 0.315 e. The minimum absolute atomic E-state index is 0.167. The van der Waals surface area contributed by atoms with Crippen molar-refractivity contribution >= 4 is 32.0 Å². The number of carbonyl (C=O) groups excluding carboxylic acids is 1. The number of amides is 2. The van der Waals surface area contributed by atoms with E-state index in [1.165, 1.54) is 4.31 Å². The van der Waals surface area contributed by atoms with E-state index < -0.39 is 10.0 Å². The Morgan fingerprint density at radius 1 is 0.966 bits per heavy atom. The molecule has 0 aliphatic rings. The molecule has 2 amide bonds. The van der Waals surface area contributed by atoms with Crippen molar-refractivity contribution in [3.8, 4) is 0 Å². The van der Waals surface area contributed by atoms with E-state index in [9.17, 15) is 13.2 Å². The van der Waals surface area contributed by atoms with Crippen molar-refractivity contribution in [1.29, 1.82) is 0 Å². The Bertz CT molecular complexity index is 928. The molecule has 2 aromatic carbocycles. The molecule has 0 saturated carbocycles. The summed E-state index contributed by atoms with van der Waals surface area (Å²) in [6, 6.07) is 13.6. The van der Waals surface area contributed by atoms with E-state index in [1.54, 1.807) is 24.3 Å². The van der Waals surface area contributed by atoms with Crippen molar-refractivity contribution in [3.05, 3.63) is 64.1 Å². The molecule has 2 atom stereocenters. The second kappa shape index (κ2) is 10.2. The van der Waals surface area contributed by atoms with Gasteiger partial charge in [-0.2, -0.15) is 4.31 Å². The van der Waals surface area contributed by atoms with Gasteiger partial charge in [0.1, 0.15) is 0 Å². The zero-order valence-electron chi connectivity index (χ0n) is 17.1. The lowest BCUT2D eigenvalue weighted by Crippen LogP contribution is -2.38. The number of halogens is 1. The van der Waals surface area contributed by atoms with Crippen LogP contribution in [-0.2, 0) is 10.0 Å². The van der Waals surface area contributed by atoms with Crippen molar-refractivity contribution in [2.75, 3.05) is 13.1 Å². The molecular weight excluding hydrogens is 454 g/mol. The fourth-order valence-electron chi connectivity index (χ4n) is 3.06. The van der Waals surface area contributed by atoms with Crippen LogP contribution < -0.4 is 10.6 Å². The van der Waals surface area contributed by atoms with Crippen LogP contribution in [0.3, 0.4) is 0 Å². The molecule has 0 fully saturated rings. The van der Waals surface area contributed by atoms with E-state index in [1.807, 2.05) is 52.0 Å². The summed E-state index contributed by atoms with van der Waals surface area (Å²) < 4.78 is 27.5. The summed E-state index contributed by atoms with van der Waals surface area (Å²) in [6.07, 6.45) is 0. The van der Waals surface area contributed by atoms with Gasteiger partial charge in [-0.1, -0.05) is 60.1 Å². The van der Waals surface area contributed by atoms with Gasteiger partial charge in [0.05, 0.1) is 17.0 Å². The van der Waals surface area contributed by atoms with E-state index in [0.717, 1.165) is 15.6 Å². The molecule has 0 aliphatic heterocycles. The van der Waals surface area contributed by atoms with E-state index in [4.69, 9.17) is 0 Å². The third kappa shape index (κ3) is 5.81. The first-order valence-corrected chi connectivity index (χ1v) is 11.9. The highest BCUT2D eigenvalue weighted by Gasteiger charge is 2.22. The average molecular weight is 482 g/mol. The fourth-order valence-corrected chi connectivity index (χ4v) is 5.15. The molecule has 158 valence electrons. The van der Waals surface area contributed by atoms with Gasteiger partial charge >= 0.3 is 6.03 Å². The third-order valence-corrected chi connectivity index (χ3v) is 7.58. The molecule has 2 aromatic rings. The van der Waals surface area contributed by atoms with Gasteiger partial charge in [0.15, 0.2) is 0 Å². The smallest absolute Gasteiger partial charge is 0.315 e. The molecule has 0 bridgehead atoms. The van der Waals surface area contributed by atoms with Gasteiger partial charge in [-0.25, -0.2) is 13.2 Å². The molecule has 0 aliphatic carbocycles. The van der Waals surface area contributed by atoms with Gasteiger partial charge in [-0.3, -0.25) is 0 Å². The second-order valence-electron chi connectivity index (χ2n) is 6.74. The number of nitrogens with zero attached hydrogens (tertiary/aromatic N) is 1. The minimum atomic E-state index is -3.49. The molecule has 0 radical (unpaired) electrons. The van der Waals surface area contributed by atoms with Crippen molar-refractivity contribution in [2.24, 2.45) is 0 Å². The lowest BCUT2D eigenvalue weighted by molar-refractivity contribution is 0.235. The van der Waals surface area contributed by atoms with Gasteiger partial charge in [0.2, 0.25) is 10.0 Å². The summed E-state index contributed by atoms with van der Waals surface area (Å²) >= 11 is 3.49. The van der Waals surface area contributed by atoms with E-state index in [-0.39, 0.29) is 23.0 Å². The maximum absolute atomic E-state index is 12.6. The van der Waals surface area contributed by atoms with Gasteiger partial charge in [-0.05, 0) is 43.2 Å². The molecule has 0 saturated heterocycles. The minimum Gasteiger partial charge on any atom is -0.332 e. The number of hydrogen-bond donors (Lipinski definition) is 2. The molecule has 29 heavy (non-hydrogen) atoms. The highest BCUT2D eigenvalue weighted by Crippen LogP contribution is 2.23. The Labute approximate surface area is 181 Å². The SMILES string of the molecule is CCN(CC)S(=O)(=O)c1ccc(C(C)NC(=O)NC(C)c2ccccc2Br)cc1. The predicted octanol–water partition coefficient (Wildman–Crippen LogP) is 4.60. The van der Waals surface area contributed by atoms with Crippen LogP contribution in [0.5, 0.6) is 0 Å². The summed E-state index contributed by atoms with van der Waals surface area (Å²) in [6.45, 7) is 8.25. The zero-order chi connectivity index (χ0) is 21.6. The number of sulfonamides is 1. The topological polar surface area (TPSA) is 78.5 Å². The lowest BCUT2D eigenvalue weighted by atomic mass is 10.1. The van der Waals surface area contributed by atoms with Crippen molar-refractivity contribution in [1.82, 2.24) is 14.9 Å². The molecule has 6 nitrogen and oxygen atoms in total. The highest BCUT2D eigenvalue weighted by molar-refractivity contribution is 9.10. The number of hydrogen-bond acceptors (Lipinski definition) is 3. The maximum atomic E-state index is 12.6. The average Bonchev–Trinajstić information content (AvgIpc) is 2.69. The molecule has 2 rings (SSSR count). The number of nitrogens with one attached hydrogen (secondary N) is 2. The molecule has 0 spiro atoms. The highest BCUT2D eigenvalue weighted by atomic mass is 79.9. The Balaban J connectivity index is 2.03. The summed E-state index contributed by atoms with van der Waals surface area (Å²) in [4.78, 5) is 12.6. The number of rotatable bonds is 8. The fraction of sp³-hybridized carbons (Fsp3) is 0.381. The largest absolute Gasteiger partial charge is 0.332 e. The first-order valence-electron chi connectivity index (χ1n) is 9.62. The zero-order valence-corrected chi connectivity index (χ0v) is 19.5. The van der Waals surface area contributed by atoms with Crippen LogP contribution in [0.4, 0.5) is 4.79 Å². The van der Waals surface area contributed by atoms with E-state index in [2.05, 4.69) is 26.6 Å². The monoisotopic (exact) mass is 481 g/mol. The standard InChI is InChI=1S/C21H28BrN3O3S/c1-5-25(6-2)29(27,28)18-13-11-17(12-14-18)15(3)23-21(26)24-16(4)19-9-7-8-10-20(19)22/h7-16H,5-6H2,1-4H3,(H2,23,24,26). The first kappa shape index (κ1) is 23.4. The Morgan fingerprint density at radius 2 is 1.52 bits per heavy atom. The van der Waals surface area contributed by atoms with Gasteiger partial charge < -0.3 is 10.6 Å². The second-order valence-corrected chi connectivity index (χ2v) is 9.53. The first-order chi connectivity index (χ1) is 13.7. The van der Waals surface area contributed by atoms with Gasteiger partial charge in [0, 0.05) is 17.6 Å². The normalized spacial score (nSPS) is 13.7. The van der Waals surface area contributed by atoms with Crippen LogP contribution in [0.15, 0.2) is 57.9 Å². The molecule has 2 unspecified atom stereocenters. The van der Waals surface area contributed by atoms with Crippen molar-refractivity contribution in [2.45, 2.75) is 44.7 Å². The Morgan fingerprint density at radius 3 is 2.07 bits per heavy atom. The van der Waals surface area contributed by atoms with Crippen LogP contribution in [0.2, 0.25) is 0 Å². The van der Waals surface area contributed by atoms with Crippen LogP contribution >= 0.6 is 15.9 Å². The van der Waals surface area contributed by atoms with Crippen LogP contribution in [0.25, 0.3) is 0 Å². The summed E-state index contributed by atoms with van der Waals surface area (Å²) in [5.74, 6) is 0. The number of urea groups is 1. The van der Waals surface area contributed by atoms with E-state index in [0.29, 0.717) is 13.1 Å². The number of carbonyl (C=O) groups is 1. The van der Waals surface area contributed by atoms with Crippen LogP contribution in [0, 0.1) is 0 Å². The van der Waals surface area contributed by atoms with E-state index >= 15 is 0 Å². The van der Waals surface area contributed by atoms with Crippen LogP contribution in [-0.4, -0.2) is 31.8 Å². The third-order valence-electron chi connectivity index (χ3n) is 4.79. The predicted molar refractivity (Wildman–Crippen MR) is 119 cm³/mol. The van der Waals surface area contributed by atoms with Crippen molar-refractivity contribution in [3.63, 3.8) is 0 Å². The molecule has 0 aromatic heterocycles. The molecule has 2 N–H and O–H groups in total. The Kier molecular flexibility index (Phi) is 8.24. The molecule has 8 heteroatoms.